The van der Waals surface area contributed by atoms with Gasteiger partial charge in [-0.05, 0) is 26.7 Å². The van der Waals surface area contributed by atoms with E-state index in [9.17, 15) is 0 Å². The third-order valence-electron chi connectivity index (χ3n) is 4.81. The maximum Gasteiger partial charge on any atom is 0.132 e. The van der Waals surface area contributed by atoms with E-state index in [4.69, 9.17) is 4.98 Å². The first kappa shape index (κ1) is 14.6. The topological polar surface area (TPSA) is 46.3 Å². The molecule has 120 valence electrons. The summed E-state index contributed by atoms with van der Waals surface area (Å²) in [6.45, 7) is 8.44. The first-order chi connectivity index (χ1) is 11.1. The van der Waals surface area contributed by atoms with Gasteiger partial charge in [0.15, 0.2) is 0 Å². The molecule has 4 heterocycles. The first-order valence-electron chi connectivity index (χ1n) is 8.03. The maximum absolute atomic E-state index is 4.90. The highest BCUT2D eigenvalue weighted by Gasteiger charge is 2.37. The number of rotatable bonds is 2. The van der Waals surface area contributed by atoms with Gasteiger partial charge in [0.05, 0.1) is 5.69 Å². The molecular weight excluding hydrogens is 306 g/mol. The smallest absolute Gasteiger partial charge is 0.132 e. The molecule has 0 saturated carbocycles. The minimum atomic E-state index is 0.0570. The monoisotopic (exact) mass is 327 g/mol. The number of hydrogen-bond acceptors (Lipinski definition) is 5. The first-order valence-corrected chi connectivity index (χ1v) is 8.91. The highest BCUT2D eigenvalue weighted by Crippen LogP contribution is 2.38. The lowest BCUT2D eigenvalue weighted by Crippen LogP contribution is -2.45. The molecule has 4 rings (SSSR count). The van der Waals surface area contributed by atoms with E-state index in [-0.39, 0.29) is 5.41 Å². The van der Waals surface area contributed by atoms with Crippen LogP contribution in [0, 0.1) is 13.8 Å². The summed E-state index contributed by atoms with van der Waals surface area (Å²) in [6, 6.07) is 2.07. The van der Waals surface area contributed by atoms with Crippen molar-refractivity contribution in [1.82, 2.24) is 19.4 Å². The number of piperidine rings is 1. The molecule has 0 aromatic carbocycles. The van der Waals surface area contributed by atoms with E-state index in [1.165, 1.54) is 10.5 Å². The van der Waals surface area contributed by atoms with Crippen molar-refractivity contribution in [2.75, 3.05) is 18.0 Å². The molecule has 1 fully saturated rings. The van der Waals surface area contributed by atoms with Gasteiger partial charge in [-0.15, -0.1) is 11.3 Å². The Morgan fingerprint density at radius 2 is 2.13 bits per heavy atom. The van der Waals surface area contributed by atoms with E-state index in [0.717, 1.165) is 43.3 Å². The van der Waals surface area contributed by atoms with Crippen molar-refractivity contribution < 1.29 is 0 Å². The van der Waals surface area contributed by atoms with E-state index < -0.39 is 0 Å². The average molecular weight is 327 g/mol. The van der Waals surface area contributed by atoms with Gasteiger partial charge in [0, 0.05) is 41.8 Å². The number of thiazole rings is 1. The Morgan fingerprint density at radius 1 is 1.26 bits per heavy atom. The van der Waals surface area contributed by atoms with Crippen molar-refractivity contribution in [3.63, 3.8) is 0 Å². The van der Waals surface area contributed by atoms with Crippen LogP contribution < -0.4 is 4.90 Å². The zero-order valence-electron chi connectivity index (χ0n) is 13.8. The van der Waals surface area contributed by atoms with Crippen LogP contribution in [0.2, 0.25) is 0 Å². The number of aromatic nitrogens is 4. The van der Waals surface area contributed by atoms with Crippen molar-refractivity contribution in [3.05, 3.63) is 41.2 Å². The van der Waals surface area contributed by atoms with Crippen molar-refractivity contribution in [1.29, 1.82) is 0 Å². The van der Waals surface area contributed by atoms with Gasteiger partial charge in [0.1, 0.15) is 22.8 Å². The minimum Gasteiger partial charge on any atom is -0.356 e. The summed E-state index contributed by atoms with van der Waals surface area (Å²) in [4.78, 5) is 17.3. The zero-order valence-corrected chi connectivity index (χ0v) is 14.6. The molecule has 0 unspecified atom stereocenters. The summed E-state index contributed by atoms with van der Waals surface area (Å²) < 4.78 is 2.21. The number of nitrogens with zero attached hydrogens (tertiary/aromatic N) is 5. The number of anilines is 1. The van der Waals surface area contributed by atoms with Crippen LogP contribution in [0.5, 0.6) is 0 Å². The molecule has 5 nitrogen and oxygen atoms in total. The average Bonchev–Trinajstić information content (AvgIpc) is 3.12. The molecule has 23 heavy (non-hydrogen) atoms. The molecule has 0 aliphatic carbocycles. The standard InChI is InChI=1S/C17H21N5S/c1-12-9-14(19-11-18-12)21-6-4-5-17(3,10-21)15-16-22(7-8-23-16)13(2)20-15/h7-9,11H,4-6,10H2,1-3H3/t17-/m0/s1. The molecule has 3 aromatic heterocycles. The fraction of sp³-hybridized carbons (Fsp3) is 0.471. The molecule has 1 atom stereocenters. The number of imidazole rings is 1. The number of hydrogen-bond donors (Lipinski definition) is 0. The lowest BCUT2D eigenvalue weighted by molar-refractivity contribution is 0.367. The van der Waals surface area contributed by atoms with Crippen LogP contribution in [0.15, 0.2) is 24.0 Å². The summed E-state index contributed by atoms with van der Waals surface area (Å²) in [5, 5.41) is 2.14. The number of aryl methyl sites for hydroxylation is 2. The highest BCUT2D eigenvalue weighted by molar-refractivity contribution is 7.15. The van der Waals surface area contributed by atoms with Gasteiger partial charge < -0.3 is 4.90 Å². The molecule has 0 spiro atoms. The molecule has 1 saturated heterocycles. The van der Waals surface area contributed by atoms with Crippen molar-refractivity contribution in [3.8, 4) is 0 Å². The Bertz CT molecular complexity index is 852. The normalized spacial score (nSPS) is 22.0. The Kier molecular flexibility index (Phi) is 3.37. The van der Waals surface area contributed by atoms with E-state index in [1.807, 2.05) is 6.92 Å². The van der Waals surface area contributed by atoms with Gasteiger partial charge in [0.2, 0.25) is 0 Å². The summed E-state index contributed by atoms with van der Waals surface area (Å²) in [5.41, 5.74) is 2.31. The van der Waals surface area contributed by atoms with Crippen molar-refractivity contribution in [2.24, 2.45) is 0 Å². The fourth-order valence-corrected chi connectivity index (χ4v) is 4.62. The van der Waals surface area contributed by atoms with Gasteiger partial charge in [0.25, 0.3) is 0 Å². The quantitative estimate of drug-likeness (QED) is 0.724. The highest BCUT2D eigenvalue weighted by atomic mass is 32.1. The molecule has 1 aliphatic rings. The van der Waals surface area contributed by atoms with Gasteiger partial charge >= 0.3 is 0 Å². The minimum absolute atomic E-state index is 0.0570. The predicted octanol–water partition coefficient (Wildman–Crippen LogP) is 3.36. The summed E-state index contributed by atoms with van der Waals surface area (Å²) >= 11 is 1.78. The lowest BCUT2D eigenvalue weighted by Gasteiger charge is -2.40. The predicted molar refractivity (Wildman–Crippen MR) is 93.4 cm³/mol. The van der Waals surface area contributed by atoms with E-state index in [2.05, 4.69) is 50.8 Å². The fourth-order valence-electron chi connectivity index (χ4n) is 3.60. The Hall–Kier alpha value is -1.95. The molecule has 0 radical (unpaired) electrons. The van der Waals surface area contributed by atoms with Gasteiger partial charge in [-0.25, -0.2) is 15.0 Å². The molecule has 3 aromatic rings. The second kappa shape index (κ2) is 5.30. The molecule has 0 N–H and O–H groups in total. The second-order valence-corrected chi connectivity index (χ2v) is 7.58. The van der Waals surface area contributed by atoms with E-state index >= 15 is 0 Å². The van der Waals surface area contributed by atoms with Gasteiger partial charge in [-0.2, -0.15) is 0 Å². The van der Waals surface area contributed by atoms with Crippen LogP contribution in [0.1, 0.15) is 37.0 Å². The van der Waals surface area contributed by atoms with E-state index in [0.29, 0.717) is 0 Å². The van der Waals surface area contributed by atoms with Crippen LogP contribution in [-0.4, -0.2) is 32.4 Å². The third-order valence-corrected chi connectivity index (χ3v) is 5.69. The van der Waals surface area contributed by atoms with Crippen LogP contribution in [0.3, 0.4) is 0 Å². The number of fused-ring (bicyclic) bond motifs is 1. The van der Waals surface area contributed by atoms with Crippen LogP contribution in [0.4, 0.5) is 5.82 Å². The Morgan fingerprint density at radius 3 is 2.96 bits per heavy atom. The van der Waals surface area contributed by atoms with Crippen LogP contribution >= 0.6 is 11.3 Å². The molecule has 1 aliphatic heterocycles. The molecule has 0 bridgehead atoms. The Balaban J connectivity index is 1.72. The maximum atomic E-state index is 4.90. The van der Waals surface area contributed by atoms with Crippen molar-refractivity contribution in [2.45, 2.75) is 39.0 Å². The zero-order chi connectivity index (χ0) is 16.0. The van der Waals surface area contributed by atoms with E-state index in [1.54, 1.807) is 17.7 Å². The lowest BCUT2D eigenvalue weighted by atomic mass is 9.79. The van der Waals surface area contributed by atoms with Gasteiger partial charge in [-0.3, -0.25) is 4.40 Å². The summed E-state index contributed by atoms with van der Waals surface area (Å²) in [5.74, 6) is 2.11. The molecule has 6 heteroatoms. The molecule has 0 amide bonds. The van der Waals surface area contributed by atoms with Crippen LogP contribution in [-0.2, 0) is 5.41 Å². The Labute approximate surface area is 140 Å². The third kappa shape index (κ3) is 2.41. The summed E-state index contributed by atoms with van der Waals surface area (Å²) in [6.07, 6.45) is 6.10. The second-order valence-electron chi connectivity index (χ2n) is 6.69. The van der Waals surface area contributed by atoms with Gasteiger partial charge in [-0.1, -0.05) is 6.92 Å². The largest absolute Gasteiger partial charge is 0.356 e. The SMILES string of the molecule is Cc1cc(N2CCC[C@](C)(c3nc(C)n4ccsc34)C2)ncn1. The molecular formula is C17H21N5S. The van der Waals surface area contributed by atoms with Crippen molar-refractivity contribution >= 4 is 22.0 Å². The van der Waals surface area contributed by atoms with Crippen LogP contribution in [0.25, 0.3) is 4.83 Å². The summed E-state index contributed by atoms with van der Waals surface area (Å²) in [7, 11) is 0.